The lowest BCUT2D eigenvalue weighted by Crippen LogP contribution is -2.53. The van der Waals surface area contributed by atoms with E-state index in [2.05, 4.69) is 20.1 Å². The number of aliphatic imine (C=N–C) groups is 1. The minimum Gasteiger partial charge on any atom is -0.466 e. The minimum atomic E-state index is -0.887. The van der Waals surface area contributed by atoms with E-state index in [1.807, 2.05) is 11.4 Å². The Kier molecular flexibility index (Phi) is 9.59. The van der Waals surface area contributed by atoms with Crippen LogP contribution in [-0.2, 0) is 14.3 Å². The van der Waals surface area contributed by atoms with Crippen LogP contribution < -0.4 is 15.1 Å². The second kappa shape index (κ2) is 14.1. The average molecular weight is 724 g/mol. The number of carbonyl (C=O) groups excluding carboxylic acids is 3. The number of fused-ring (bicyclic) bond motifs is 1. The molecule has 4 aliphatic rings. The second-order valence-corrected chi connectivity index (χ2v) is 14.2. The predicted octanol–water partition coefficient (Wildman–Crippen LogP) is 5.02. The Hall–Kier alpha value is -4.40. The molecule has 262 valence electrons. The van der Waals surface area contributed by atoms with Gasteiger partial charge in [0.05, 0.1) is 24.4 Å². The van der Waals surface area contributed by atoms with Crippen LogP contribution in [0, 0.1) is 17.6 Å². The Bertz CT molecular complexity index is 1880. The van der Waals surface area contributed by atoms with Crippen LogP contribution in [0.4, 0.5) is 25.0 Å². The predicted molar refractivity (Wildman–Crippen MR) is 187 cm³/mol. The van der Waals surface area contributed by atoms with Gasteiger partial charge in [0.2, 0.25) is 0 Å². The average Bonchev–Trinajstić information content (AvgIpc) is 3.76. The van der Waals surface area contributed by atoms with Crippen molar-refractivity contribution in [3.63, 3.8) is 0 Å². The number of nitrogens with zero attached hydrogens (tertiary/aromatic N) is 6. The Morgan fingerprint density at radius 1 is 1.08 bits per heavy atom. The molecular formula is C35H36ClF2N7O4S. The summed E-state index contributed by atoms with van der Waals surface area (Å²) in [7, 11) is 1.29. The molecule has 0 saturated carbocycles. The molecule has 0 spiro atoms. The molecule has 0 aliphatic carbocycles. The maximum Gasteiger partial charge on any atom is 0.338 e. The van der Waals surface area contributed by atoms with Crippen LogP contribution in [0.2, 0.25) is 5.02 Å². The number of urea groups is 1. The summed E-state index contributed by atoms with van der Waals surface area (Å²) in [6, 6.07) is 7.58. The number of hydrogen-bond acceptors (Lipinski definition) is 10. The number of carbonyl (C=O) groups is 3. The maximum absolute atomic E-state index is 15.6. The number of anilines is 2. The van der Waals surface area contributed by atoms with Crippen LogP contribution in [0.1, 0.15) is 36.4 Å². The third-order valence-electron chi connectivity index (χ3n) is 9.90. The second-order valence-electron chi connectivity index (χ2n) is 12.9. The van der Waals surface area contributed by atoms with Gasteiger partial charge in [-0.1, -0.05) is 17.7 Å². The molecule has 1 aromatic heterocycles. The topological polar surface area (TPSA) is 111 Å². The summed E-state index contributed by atoms with van der Waals surface area (Å²) in [5, 5.41) is 5.84. The van der Waals surface area contributed by atoms with E-state index in [0.29, 0.717) is 61.4 Å². The van der Waals surface area contributed by atoms with E-state index in [1.165, 1.54) is 47.6 Å². The van der Waals surface area contributed by atoms with Gasteiger partial charge >= 0.3 is 12.0 Å². The fourth-order valence-electron chi connectivity index (χ4n) is 7.26. The molecule has 0 bridgehead atoms. The first kappa shape index (κ1) is 34.1. The van der Waals surface area contributed by atoms with E-state index in [9.17, 15) is 18.8 Å². The SMILES string of the molecule is COC(=O)C1=C(CN2CCN3C(=O)N(c4ccc(N5CCC(C(C)=O)CC5)cc4F)C[C@@H]3C2)NC(c2nccs2)=N[C@H]1c1ccc(F)cc1Cl. The van der Waals surface area contributed by atoms with Gasteiger partial charge in [-0.3, -0.25) is 19.6 Å². The van der Waals surface area contributed by atoms with Gasteiger partial charge in [-0.05, 0) is 50.1 Å². The highest BCUT2D eigenvalue weighted by Gasteiger charge is 2.43. The molecule has 11 nitrogen and oxygen atoms in total. The number of methoxy groups -OCH3 is 1. The number of piperidine rings is 1. The molecule has 0 unspecified atom stereocenters. The molecule has 2 amide bonds. The largest absolute Gasteiger partial charge is 0.466 e. The van der Waals surface area contributed by atoms with Crippen LogP contribution in [0.3, 0.4) is 0 Å². The number of Topliss-reactive ketones (excluding diaryl/α,β-unsaturated/α-hetero) is 1. The molecule has 2 aromatic carbocycles. The van der Waals surface area contributed by atoms with E-state index in [1.54, 1.807) is 24.1 Å². The monoisotopic (exact) mass is 723 g/mol. The smallest absolute Gasteiger partial charge is 0.338 e. The standard InChI is InChI=1S/C35H36ClF2N7O4S/c1-20(46)21-7-10-43(11-8-21)23-4-6-29(27(38)16-23)45-18-24-17-42(12-13-44(24)35(45)48)19-28-30(34(47)49-2)31(25-5-3-22(37)15-26(25)36)41-32(40-28)33-39-9-14-50-33/h3-6,9,14-16,21,24,31H,7-8,10-13,17-19H2,1-2H3,(H,40,41)/t24-,31-/m0/s1. The van der Waals surface area contributed by atoms with Crippen LogP contribution in [0.5, 0.6) is 0 Å². The van der Waals surface area contributed by atoms with Gasteiger partial charge in [-0.15, -0.1) is 11.3 Å². The molecule has 3 aromatic rings. The fourth-order valence-corrected chi connectivity index (χ4v) is 8.12. The number of esters is 1. The fraction of sp³-hybridized carbons (Fsp3) is 0.400. The first-order chi connectivity index (χ1) is 24.1. The van der Waals surface area contributed by atoms with E-state index in [-0.39, 0.29) is 46.6 Å². The molecule has 5 heterocycles. The first-order valence-corrected chi connectivity index (χ1v) is 17.7. The van der Waals surface area contributed by atoms with Crippen LogP contribution in [0.25, 0.3) is 0 Å². The summed E-state index contributed by atoms with van der Waals surface area (Å²) in [5.74, 6) is -0.910. The zero-order valence-corrected chi connectivity index (χ0v) is 29.1. The first-order valence-electron chi connectivity index (χ1n) is 16.5. The van der Waals surface area contributed by atoms with Crippen molar-refractivity contribution < 1.29 is 27.9 Å². The molecule has 3 fully saturated rings. The van der Waals surface area contributed by atoms with Gasteiger partial charge in [-0.25, -0.2) is 23.4 Å². The number of thiazole rings is 1. The van der Waals surface area contributed by atoms with Crippen LogP contribution in [0.15, 0.2) is 64.2 Å². The van der Waals surface area contributed by atoms with E-state index in [4.69, 9.17) is 21.3 Å². The molecule has 7 rings (SSSR count). The number of ether oxygens (including phenoxy) is 1. The number of piperazine rings is 1. The van der Waals surface area contributed by atoms with Gasteiger partial charge in [0, 0.05) is 85.3 Å². The van der Waals surface area contributed by atoms with Crippen molar-refractivity contribution in [2.75, 3.05) is 62.7 Å². The van der Waals surface area contributed by atoms with Crippen molar-refractivity contribution >= 4 is 57.9 Å². The van der Waals surface area contributed by atoms with E-state index in [0.717, 1.165) is 18.5 Å². The third kappa shape index (κ3) is 6.59. The number of halogens is 3. The lowest BCUT2D eigenvalue weighted by atomic mass is 9.93. The molecule has 3 saturated heterocycles. The lowest BCUT2D eigenvalue weighted by molar-refractivity contribution is -0.136. The number of nitrogens with one attached hydrogen (secondary N) is 1. The number of rotatable bonds is 8. The number of amides is 2. The van der Waals surface area contributed by atoms with Crippen molar-refractivity contribution in [3.8, 4) is 0 Å². The summed E-state index contributed by atoms with van der Waals surface area (Å²) in [6.45, 7) is 4.93. The lowest BCUT2D eigenvalue weighted by Gasteiger charge is -2.38. The zero-order chi connectivity index (χ0) is 35.1. The van der Waals surface area contributed by atoms with E-state index < -0.39 is 23.6 Å². The molecule has 50 heavy (non-hydrogen) atoms. The highest BCUT2D eigenvalue weighted by atomic mass is 35.5. The number of benzene rings is 2. The zero-order valence-electron chi connectivity index (χ0n) is 27.6. The Labute approximate surface area is 297 Å². The van der Waals surface area contributed by atoms with Gasteiger partial charge < -0.3 is 19.9 Å². The van der Waals surface area contributed by atoms with Gasteiger partial charge in [0.15, 0.2) is 10.8 Å². The summed E-state index contributed by atoms with van der Waals surface area (Å²) in [5.41, 5.74) is 2.18. The van der Waals surface area contributed by atoms with Crippen molar-refractivity contribution in [3.05, 3.63) is 86.5 Å². The molecule has 15 heteroatoms. The summed E-state index contributed by atoms with van der Waals surface area (Å²) in [4.78, 5) is 55.4. The summed E-state index contributed by atoms with van der Waals surface area (Å²) >= 11 is 7.87. The minimum absolute atomic E-state index is 0.0507. The van der Waals surface area contributed by atoms with Crippen molar-refractivity contribution in [2.45, 2.75) is 31.8 Å². The number of hydrogen-bond donors (Lipinski definition) is 1. The third-order valence-corrected chi connectivity index (χ3v) is 11.0. The molecular weight excluding hydrogens is 688 g/mol. The molecule has 4 aliphatic heterocycles. The highest BCUT2D eigenvalue weighted by Crippen LogP contribution is 2.38. The normalized spacial score (nSPS) is 21.7. The number of ketones is 1. The summed E-state index contributed by atoms with van der Waals surface area (Å²) in [6.07, 6.45) is 3.13. The van der Waals surface area contributed by atoms with Gasteiger partial charge in [0.25, 0.3) is 0 Å². The van der Waals surface area contributed by atoms with Crippen molar-refractivity contribution in [1.82, 2.24) is 20.1 Å². The van der Waals surface area contributed by atoms with Gasteiger partial charge in [-0.2, -0.15) is 0 Å². The molecule has 2 atom stereocenters. The Morgan fingerprint density at radius 2 is 1.88 bits per heavy atom. The van der Waals surface area contributed by atoms with E-state index >= 15 is 4.39 Å². The quantitative estimate of drug-likeness (QED) is 0.323. The number of aromatic nitrogens is 1. The number of amidine groups is 1. The Balaban J connectivity index is 1.10. The highest BCUT2D eigenvalue weighted by molar-refractivity contribution is 7.11. The van der Waals surface area contributed by atoms with Crippen LogP contribution in [-0.4, -0.2) is 97.4 Å². The van der Waals surface area contributed by atoms with Gasteiger partial charge in [0.1, 0.15) is 23.5 Å². The molecule has 1 N–H and O–H groups in total. The Morgan fingerprint density at radius 3 is 2.56 bits per heavy atom. The molecule has 0 radical (unpaired) electrons. The summed E-state index contributed by atoms with van der Waals surface area (Å²) < 4.78 is 34.9. The maximum atomic E-state index is 15.6. The van der Waals surface area contributed by atoms with Crippen LogP contribution >= 0.6 is 22.9 Å². The van der Waals surface area contributed by atoms with Crippen molar-refractivity contribution in [1.29, 1.82) is 0 Å². The van der Waals surface area contributed by atoms with Crippen molar-refractivity contribution in [2.24, 2.45) is 10.9 Å².